The molecule has 1 aromatic carbocycles. The van der Waals surface area contributed by atoms with Crippen molar-refractivity contribution in [2.24, 2.45) is 5.92 Å². The average molecular weight is 278 g/mol. The highest BCUT2D eigenvalue weighted by molar-refractivity contribution is 7.85. The third-order valence-electron chi connectivity index (χ3n) is 2.76. The van der Waals surface area contributed by atoms with Crippen molar-refractivity contribution in [1.29, 1.82) is 5.26 Å². The Bertz CT molecular complexity index is 491. The van der Waals surface area contributed by atoms with Crippen LogP contribution in [0.4, 0.5) is 5.69 Å². The second kappa shape index (κ2) is 7.70. The number of nitriles is 1. The van der Waals surface area contributed by atoms with E-state index in [-0.39, 0.29) is 11.7 Å². The van der Waals surface area contributed by atoms with Crippen molar-refractivity contribution in [3.63, 3.8) is 0 Å². The molecule has 5 heteroatoms. The Morgan fingerprint density at radius 1 is 1.42 bits per heavy atom. The molecule has 0 fully saturated rings. The fraction of sp³-hybridized carbons (Fsp3) is 0.429. The molecule has 2 atom stereocenters. The average Bonchev–Trinajstić information content (AvgIpc) is 2.39. The van der Waals surface area contributed by atoms with Crippen LogP contribution in [0.25, 0.3) is 0 Å². The highest BCUT2D eigenvalue weighted by Gasteiger charge is 2.11. The van der Waals surface area contributed by atoms with Gasteiger partial charge in [0.05, 0.1) is 11.6 Å². The maximum atomic E-state index is 11.7. The van der Waals surface area contributed by atoms with E-state index < -0.39 is 10.8 Å². The minimum Gasteiger partial charge on any atom is -0.325 e. The predicted molar refractivity (Wildman–Crippen MR) is 77.1 cm³/mol. The van der Waals surface area contributed by atoms with Gasteiger partial charge in [-0.25, -0.2) is 0 Å². The number of anilines is 1. The van der Waals surface area contributed by atoms with Gasteiger partial charge in [0.15, 0.2) is 0 Å². The van der Waals surface area contributed by atoms with Gasteiger partial charge < -0.3 is 5.32 Å². The van der Waals surface area contributed by atoms with Crippen LogP contribution >= 0.6 is 0 Å². The Balaban J connectivity index is 2.46. The fourth-order valence-electron chi connectivity index (χ4n) is 1.47. The highest BCUT2D eigenvalue weighted by Crippen LogP contribution is 2.09. The summed E-state index contributed by atoms with van der Waals surface area (Å²) in [6.07, 6.45) is 0.961. The molecule has 0 aliphatic heterocycles. The topological polar surface area (TPSA) is 70.0 Å². The van der Waals surface area contributed by atoms with Crippen molar-refractivity contribution in [1.82, 2.24) is 0 Å². The van der Waals surface area contributed by atoms with E-state index in [2.05, 4.69) is 5.32 Å². The van der Waals surface area contributed by atoms with Gasteiger partial charge in [0.1, 0.15) is 5.75 Å². The third-order valence-corrected chi connectivity index (χ3v) is 4.28. The number of nitrogens with zero attached hydrogens (tertiary/aromatic N) is 1. The number of benzene rings is 1. The first-order valence-corrected chi connectivity index (χ1v) is 7.69. The zero-order valence-electron chi connectivity index (χ0n) is 11.2. The van der Waals surface area contributed by atoms with Crippen molar-refractivity contribution in [2.45, 2.75) is 20.3 Å². The molecule has 19 heavy (non-hydrogen) atoms. The second-order valence-electron chi connectivity index (χ2n) is 4.50. The molecule has 102 valence electrons. The van der Waals surface area contributed by atoms with Crippen LogP contribution in [0.5, 0.6) is 0 Å². The van der Waals surface area contributed by atoms with E-state index in [9.17, 15) is 9.00 Å². The summed E-state index contributed by atoms with van der Waals surface area (Å²) in [7, 11) is -1.12. The minimum absolute atomic E-state index is 0.0182. The maximum Gasteiger partial charge on any atom is 0.236 e. The molecule has 4 nitrogen and oxygen atoms in total. The van der Waals surface area contributed by atoms with Crippen LogP contribution in [-0.2, 0) is 15.6 Å². The Labute approximate surface area is 116 Å². The molecule has 2 unspecified atom stereocenters. The van der Waals surface area contributed by atoms with E-state index in [4.69, 9.17) is 5.26 Å². The molecule has 0 radical (unpaired) electrons. The second-order valence-corrected chi connectivity index (χ2v) is 6.00. The van der Waals surface area contributed by atoms with Crippen LogP contribution in [0, 0.1) is 17.2 Å². The number of rotatable bonds is 6. The molecule has 0 aromatic heterocycles. The Morgan fingerprint density at radius 3 is 2.58 bits per heavy atom. The molecule has 0 aliphatic carbocycles. The number of carbonyl (C=O) groups excluding carboxylic acids is 1. The predicted octanol–water partition coefficient (Wildman–Crippen LogP) is 2.29. The molecule has 0 heterocycles. The lowest BCUT2D eigenvalue weighted by Crippen LogP contribution is -2.22. The molecule has 1 rings (SSSR count). The highest BCUT2D eigenvalue weighted by atomic mass is 32.2. The molecular formula is C14H18N2O2S. The van der Waals surface area contributed by atoms with Gasteiger partial charge in [0, 0.05) is 22.2 Å². The van der Waals surface area contributed by atoms with Crippen molar-refractivity contribution in [2.75, 3.05) is 16.8 Å². The SMILES string of the molecule is CCC(C)CS(=O)CC(=O)Nc1ccc(C#N)cc1. The van der Waals surface area contributed by atoms with Crippen LogP contribution in [0.15, 0.2) is 24.3 Å². The monoisotopic (exact) mass is 278 g/mol. The lowest BCUT2D eigenvalue weighted by atomic mass is 10.2. The summed E-state index contributed by atoms with van der Waals surface area (Å²) >= 11 is 0. The fourth-order valence-corrected chi connectivity index (χ4v) is 2.82. The van der Waals surface area contributed by atoms with Crippen molar-refractivity contribution in [3.8, 4) is 6.07 Å². The normalized spacial score (nSPS) is 13.3. The summed E-state index contributed by atoms with van der Waals surface area (Å²) in [5, 5.41) is 11.3. The standard InChI is InChI=1S/C14H18N2O2S/c1-3-11(2)9-19(18)10-14(17)16-13-6-4-12(8-15)5-7-13/h4-7,11H,3,9-10H2,1-2H3,(H,16,17). The largest absolute Gasteiger partial charge is 0.325 e. The summed E-state index contributed by atoms with van der Waals surface area (Å²) in [6.45, 7) is 4.06. The van der Waals surface area contributed by atoms with Gasteiger partial charge in [-0.3, -0.25) is 9.00 Å². The molecule has 1 amide bonds. The first kappa shape index (κ1) is 15.4. The van der Waals surface area contributed by atoms with Crippen molar-refractivity contribution >= 4 is 22.4 Å². The van der Waals surface area contributed by atoms with Gasteiger partial charge in [-0.15, -0.1) is 0 Å². The first-order chi connectivity index (χ1) is 9.05. The van der Waals surface area contributed by atoms with Crippen LogP contribution in [-0.4, -0.2) is 21.6 Å². The van der Waals surface area contributed by atoms with Gasteiger partial charge in [0.25, 0.3) is 0 Å². The lowest BCUT2D eigenvalue weighted by molar-refractivity contribution is -0.113. The smallest absolute Gasteiger partial charge is 0.236 e. The van der Waals surface area contributed by atoms with Gasteiger partial charge in [0.2, 0.25) is 5.91 Å². The van der Waals surface area contributed by atoms with Gasteiger partial charge in [-0.2, -0.15) is 5.26 Å². The number of hydrogen-bond donors (Lipinski definition) is 1. The number of amides is 1. The van der Waals surface area contributed by atoms with Gasteiger partial charge in [-0.1, -0.05) is 20.3 Å². The summed E-state index contributed by atoms with van der Waals surface area (Å²) < 4.78 is 11.7. The lowest BCUT2D eigenvalue weighted by Gasteiger charge is -2.08. The Morgan fingerprint density at radius 2 is 2.05 bits per heavy atom. The number of hydrogen-bond acceptors (Lipinski definition) is 3. The van der Waals surface area contributed by atoms with E-state index in [1.807, 2.05) is 19.9 Å². The zero-order valence-corrected chi connectivity index (χ0v) is 12.0. The van der Waals surface area contributed by atoms with Crippen LogP contribution in [0.1, 0.15) is 25.8 Å². The van der Waals surface area contributed by atoms with E-state index >= 15 is 0 Å². The van der Waals surface area contributed by atoms with E-state index in [0.29, 0.717) is 22.9 Å². The van der Waals surface area contributed by atoms with Crippen LogP contribution < -0.4 is 5.32 Å². The molecule has 0 aliphatic rings. The molecule has 0 spiro atoms. The quantitative estimate of drug-likeness (QED) is 0.868. The maximum absolute atomic E-state index is 11.7. The van der Waals surface area contributed by atoms with Gasteiger partial charge in [-0.05, 0) is 30.2 Å². The molecule has 0 saturated carbocycles. The summed E-state index contributed by atoms with van der Waals surface area (Å²) in [4.78, 5) is 11.7. The van der Waals surface area contributed by atoms with Crippen LogP contribution in [0.2, 0.25) is 0 Å². The number of nitrogens with one attached hydrogen (secondary N) is 1. The molecular weight excluding hydrogens is 260 g/mol. The van der Waals surface area contributed by atoms with Crippen LogP contribution in [0.3, 0.4) is 0 Å². The minimum atomic E-state index is -1.12. The third kappa shape index (κ3) is 5.66. The molecule has 1 N–H and O–H groups in total. The van der Waals surface area contributed by atoms with E-state index in [0.717, 1.165) is 6.42 Å². The van der Waals surface area contributed by atoms with E-state index in [1.54, 1.807) is 24.3 Å². The van der Waals surface area contributed by atoms with Crippen molar-refractivity contribution < 1.29 is 9.00 Å². The summed E-state index contributed by atoms with van der Waals surface area (Å²) in [6, 6.07) is 8.59. The Kier molecular flexibility index (Phi) is 6.23. The van der Waals surface area contributed by atoms with Gasteiger partial charge >= 0.3 is 0 Å². The van der Waals surface area contributed by atoms with E-state index in [1.165, 1.54) is 0 Å². The molecule has 0 saturated heterocycles. The summed E-state index contributed by atoms with van der Waals surface area (Å²) in [5.41, 5.74) is 1.16. The number of carbonyl (C=O) groups is 1. The molecule has 0 bridgehead atoms. The van der Waals surface area contributed by atoms with Crippen molar-refractivity contribution in [3.05, 3.63) is 29.8 Å². The summed E-state index contributed by atoms with van der Waals surface area (Å²) in [5.74, 6) is 0.677. The zero-order chi connectivity index (χ0) is 14.3. The first-order valence-electron chi connectivity index (χ1n) is 6.20. The molecule has 1 aromatic rings. The Hall–Kier alpha value is -1.67.